The first-order valence-corrected chi connectivity index (χ1v) is 6.75. The second-order valence-corrected chi connectivity index (χ2v) is 5.00. The molecular weight excluding hydrogens is 214 g/mol. The maximum atomic E-state index is 3.60. The minimum Gasteiger partial charge on any atom is -0.309 e. The molecule has 1 aliphatic heterocycles. The van der Waals surface area contributed by atoms with Gasteiger partial charge in [0, 0.05) is 23.9 Å². The third-order valence-corrected chi connectivity index (χ3v) is 3.90. The second kappa shape index (κ2) is 5.98. The molecule has 1 aliphatic rings. The van der Waals surface area contributed by atoms with Crippen molar-refractivity contribution in [2.75, 3.05) is 12.3 Å². The van der Waals surface area contributed by atoms with E-state index in [0.29, 0.717) is 6.04 Å². The van der Waals surface area contributed by atoms with Crippen LogP contribution in [0.1, 0.15) is 31.4 Å². The van der Waals surface area contributed by atoms with Gasteiger partial charge >= 0.3 is 0 Å². The third-order valence-electron chi connectivity index (χ3n) is 2.78. The highest BCUT2D eigenvalue weighted by atomic mass is 32.2. The highest BCUT2D eigenvalue weighted by Gasteiger charge is 2.18. The standard InChI is InChI=1S/C14H17NS/c1-2-3-6-10-15-13-9-11-16-14-8-5-4-7-12(13)14/h4-5,7-8,13,15H,6,9-11H2,1H3. The number of hydrogen-bond acceptors (Lipinski definition) is 2. The Morgan fingerprint density at radius 2 is 2.31 bits per heavy atom. The van der Waals surface area contributed by atoms with E-state index in [4.69, 9.17) is 0 Å². The minimum atomic E-state index is 0.524. The van der Waals surface area contributed by atoms with Crippen molar-refractivity contribution in [1.29, 1.82) is 0 Å². The normalized spacial score (nSPS) is 18.4. The fraction of sp³-hybridized carbons (Fsp3) is 0.429. The third kappa shape index (κ3) is 2.81. The molecule has 0 bridgehead atoms. The Hall–Kier alpha value is -0.910. The van der Waals surface area contributed by atoms with E-state index in [2.05, 4.69) is 41.4 Å². The molecule has 1 nitrogen and oxygen atoms in total. The predicted molar refractivity (Wildman–Crippen MR) is 70.6 cm³/mol. The Kier molecular flexibility index (Phi) is 4.33. The van der Waals surface area contributed by atoms with Crippen LogP contribution >= 0.6 is 11.8 Å². The molecule has 0 saturated heterocycles. The van der Waals surface area contributed by atoms with Crippen LogP contribution in [0.2, 0.25) is 0 Å². The molecule has 0 saturated carbocycles. The van der Waals surface area contributed by atoms with Crippen LogP contribution < -0.4 is 5.32 Å². The van der Waals surface area contributed by atoms with Crippen molar-refractivity contribution in [3.8, 4) is 11.8 Å². The first-order chi connectivity index (χ1) is 7.92. The fourth-order valence-corrected chi connectivity index (χ4v) is 3.11. The number of thioether (sulfide) groups is 1. The van der Waals surface area contributed by atoms with E-state index in [0.717, 1.165) is 13.0 Å². The van der Waals surface area contributed by atoms with Gasteiger partial charge in [0.15, 0.2) is 0 Å². The number of benzene rings is 1. The lowest BCUT2D eigenvalue weighted by Crippen LogP contribution is -2.25. The van der Waals surface area contributed by atoms with E-state index >= 15 is 0 Å². The van der Waals surface area contributed by atoms with Crippen LogP contribution in [0.5, 0.6) is 0 Å². The van der Waals surface area contributed by atoms with Crippen LogP contribution in [-0.4, -0.2) is 12.3 Å². The summed E-state index contributed by atoms with van der Waals surface area (Å²) in [4.78, 5) is 1.44. The summed E-state index contributed by atoms with van der Waals surface area (Å²) < 4.78 is 0. The van der Waals surface area contributed by atoms with Crippen molar-refractivity contribution in [2.24, 2.45) is 0 Å². The molecule has 1 N–H and O–H groups in total. The summed E-state index contributed by atoms with van der Waals surface area (Å²) >= 11 is 1.97. The van der Waals surface area contributed by atoms with E-state index < -0.39 is 0 Å². The lowest BCUT2D eigenvalue weighted by molar-refractivity contribution is 0.518. The molecule has 2 rings (SSSR count). The van der Waals surface area contributed by atoms with Crippen LogP contribution in [0, 0.1) is 11.8 Å². The van der Waals surface area contributed by atoms with Crippen LogP contribution in [0.25, 0.3) is 0 Å². The van der Waals surface area contributed by atoms with E-state index in [1.807, 2.05) is 18.7 Å². The monoisotopic (exact) mass is 231 g/mol. The highest BCUT2D eigenvalue weighted by Crippen LogP contribution is 2.35. The van der Waals surface area contributed by atoms with Gasteiger partial charge in [0.25, 0.3) is 0 Å². The molecule has 0 amide bonds. The summed E-state index contributed by atoms with van der Waals surface area (Å²) in [5.74, 6) is 7.24. The molecule has 1 heterocycles. The Morgan fingerprint density at radius 3 is 3.19 bits per heavy atom. The second-order valence-electron chi connectivity index (χ2n) is 3.86. The molecule has 1 unspecified atom stereocenters. The van der Waals surface area contributed by atoms with Gasteiger partial charge in [0.1, 0.15) is 0 Å². The molecule has 16 heavy (non-hydrogen) atoms. The molecule has 2 heteroatoms. The number of rotatable bonds is 3. The van der Waals surface area contributed by atoms with Crippen molar-refractivity contribution < 1.29 is 0 Å². The summed E-state index contributed by atoms with van der Waals surface area (Å²) in [6.45, 7) is 2.89. The maximum absolute atomic E-state index is 3.60. The first-order valence-electron chi connectivity index (χ1n) is 5.76. The summed E-state index contributed by atoms with van der Waals surface area (Å²) in [6, 6.07) is 9.24. The molecule has 1 aromatic carbocycles. The molecule has 0 radical (unpaired) electrons. The van der Waals surface area contributed by atoms with Crippen molar-refractivity contribution in [3.05, 3.63) is 29.8 Å². The highest BCUT2D eigenvalue weighted by molar-refractivity contribution is 7.99. The number of fused-ring (bicyclic) bond motifs is 1. The van der Waals surface area contributed by atoms with E-state index in [9.17, 15) is 0 Å². The zero-order valence-corrected chi connectivity index (χ0v) is 10.4. The van der Waals surface area contributed by atoms with E-state index in [-0.39, 0.29) is 0 Å². The Morgan fingerprint density at radius 1 is 1.44 bits per heavy atom. The van der Waals surface area contributed by atoms with Gasteiger partial charge in [-0.3, -0.25) is 0 Å². The molecule has 1 atom stereocenters. The maximum Gasteiger partial charge on any atom is 0.0339 e. The van der Waals surface area contributed by atoms with Gasteiger partial charge in [-0.2, -0.15) is 0 Å². The van der Waals surface area contributed by atoms with Crippen LogP contribution in [0.4, 0.5) is 0 Å². The SMILES string of the molecule is CC#CCCNC1CCSc2ccccc21. The summed E-state index contributed by atoms with van der Waals surface area (Å²) in [7, 11) is 0. The van der Waals surface area contributed by atoms with Gasteiger partial charge in [-0.25, -0.2) is 0 Å². The first kappa shape index (κ1) is 11.6. The van der Waals surface area contributed by atoms with Crippen molar-refractivity contribution >= 4 is 11.8 Å². The van der Waals surface area contributed by atoms with Crippen molar-refractivity contribution in [3.63, 3.8) is 0 Å². The summed E-state index contributed by atoms with van der Waals surface area (Å²) in [6.07, 6.45) is 2.17. The van der Waals surface area contributed by atoms with Crippen molar-refractivity contribution in [1.82, 2.24) is 5.32 Å². The molecule has 0 aliphatic carbocycles. The van der Waals surface area contributed by atoms with Gasteiger partial charge in [-0.1, -0.05) is 18.2 Å². The lowest BCUT2D eigenvalue weighted by atomic mass is 10.0. The van der Waals surface area contributed by atoms with E-state index in [1.165, 1.54) is 22.6 Å². The van der Waals surface area contributed by atoms with Gasteiger partial charge in [0.05, 0.1) is 0 Å². The van der Waals surface area contributed by atoms with Crippen LogP contribution in [0.15, 0.2) is 29.2 Å². The molecule has 84 valence electrons. The fourth-order valence-electron chi connectivity index (χ4n) is 1.99. The quantitative estimate of drug-likeness (QED) is 0.633. The average Bonchev–Trinajstić information content (AvgIpc) is 2.35. The van der Waals surface area contributed by atoms with E-state index in [1.54, 1.807) is 0 Å². The zero-order chi connectivity index (χ0) is 11.2. The number of hydrogen-bond donors (Lipinski definition) is 1. The molecule has 0 fully saturated rings. The zero-order valence-electron chi connectivity index (χ0n) is 9.62. The smallest absolute Gasteiger partial charge is 0.0339 e. The van der Waals surface area contributed by atoms with Crippen LogP contribution in [0.3, 0.4) is 0 Å². The lowest BCUT2D eigenvalue weighted by Gasteiger charge is -2.25. The Bertz CT molecular complexity index is 403. The number of nitrogens with one attached hydrogen (secondary N) is 1. The molecule has 0 spiro atoms. The van der Waals surface area contributed by atoms with Gasteiger partial charge in [0.2, 0.25) is 0 Å². The minimum absolute atomic E-state index is 0.524. The summed E-state index contributed by atoms with van der Waals surface area (Å²) in [5, 5.41) is 3.60. The molecular formula is C14H17NS. The average molecular weight is 231 g/mol. The predicted octanol–water partition coefficient (Wildman–Crippen LogP) is 3.23. The Labute approximate surface area is 102 Å². The van der Waals surface area contributed by atoms with Gasteiger partial charge in [-0.15, -0.1) is 23.6 Å². The van der Waals surface area contributed by atoms with Gasteiger partial charge < -0.3 is 5.32 Å². The summed E-state index contributed by atoms with van der Waals surface area (Å²) in [5.41, 5.74) is 1.46. The van der Waals surface area contributed by atoms with Crippen molar-refractivity contribution in [2.45, 2.75) is 30.7 Å². The molecule has 0 aromatic heterocycles. The Balaban J connectivity index is 1.98. The largest absolute Gasteiger partial charge is 0.309 e. The van der Waals surface area contributed by atoms with Gasteiger partial charge in [-0.05, 0) is 30.7 Å². The topological polar surface area (TPSA) is 12.0 Å². The van der Waals surface area contributed by atoms with Crippen LogP contribution in [-0.2, 0) is 0 Å². The molecule has 1 aromatic rings.